The molecule has 198 valence electrons. The number of halogens is 1. The van der Waals surface area contributed by atoms with Crippen LogP contribution in [0.3, 0.4) is 0 Å². The number of hydrogen-bond donors (Lipinski definition) is 0. The summed E-state index contributed by atoms with van der Waals surface area (Å²) < 4.78 is 51.6. The summed E-state index contributed by atoms with van der Waals surface area (Å²) in [6.07, 6.45) is 1.95. The number of thiophene rings is 1. The molecule has 1 amide bonds. The third kappa shape index (κ3) is 7.18. The van der Waals surface area contributed by atoms with Gasteiger partial charge in [0.25, 0.3) is 0 Å². The van der Waals surface area contributed by atoms with E-state index in [1.54, 1.807) is 30.5 Å². The summed E-state index contributed by atoms with van der Waals surface area (Å²) in [6.45, 7) is 5.90. The molecule has 1 heterocycles. The molecule has 7 nitrogen and oxygen atoms in total. The quantitative estimate of drug-likeness (QED) is 0.292. The van der Waals surface area contributed by atoms with Gasteiger partial charge in [0.2, 0.25) is 15.9 Å². The molecule has 0 N–H and O–H groups in total. The Morgan fingerprint density at radius 1 is 1.08 bits per heavy atom. The van der Waals surface area contributed by atoms with Crippen LogP contribution in [-0.2, 0) is 27.8 Å². The lowest BCUT2D eigenvalue weighted by atomic mass is 10.1. The van der Waals surface area contributed by atoms with Gasteiger partial charge in [-0.05, 0) is 72.3 Å². The Labute approximate surface area is 221 Å². The van der Waals surface area contributed by atoms with Crippen molar-refractivity contribution in [1.29, 1.82) is 0 Å². The molecule has 1 aromatic heterocycles. The molecular formula is C27H31FN2O5S2. The minimum Gasteiger partial charge on any atom is -0.493 e. The lowest BCUT2D eigenvalue weighted by molar-refractivity contribution is -0.131. The maximum Gasteiger partial charge on any atom is 0.243 e. The van der Waals surface area contributed by atoms with Crippen LogP contribution < -0.4 is 9.47 Å². The molecule has 0 radical (unpaired) electrons. The number of aryl methyl sites for hydroxylation is 1. The normalized spacial score (nSPS) is 11.4. The molecule has 2 aromatic carbocycles. The number of methoxy groups -OCH3 is 2. The molecule has 0 aliphatic heterocycles. The van der Waals surface area contributed by atoms with Crippen molar-refractivity contribution in [2.45, 2.75) is 24.8 Å². The zero-order valence-electron chi connectivity index (χ0n) is 21.1. The zero-order chi connectivity index (χ0) is 27.0. The first-order valence-corrected chi connectivity index (χ1v) is 13.9. The predicted octanol–water partition coefficient (Wildman–Crippen LogP) is 4.66. The summed E-state index contributed by atoms with van der Waals surface area (Å²) in [5.41, 5.74) is 2.01. The van der Waals surface area contributed by atoms with E-state index >= 15 is 0 Å². The standard InChI is InChI=1S/C27H31FN2O5S2/c1-5-14-30(37(32,33)23-9-7-22(28)8-10-23)19-27(31)29(18-26-20(2)13-16-36-26)15-12-21-6-11-24(34-3)25(17-21)35-4/h5-11,13,16-17H,1,12,14-15,18-19H2,2-4H3. The molecule has 0 saturated carbocycles. The van der Waals surface area contributed by atoms with Crippen LogP contribution in [0.4, 0.5) is 4.39 Å². The first-order chi connectivity index (χ1) is 17.7. The number of carbonyl (C=O) groups is 1. The molecular weight excluding hydrogens is 515 g/mol. The number of amides is 1. The van der Waals surface area contributed by atoms with Gasteiger partial charge in [-0.25, -0.2) is 12.8 Å². The smallest absolute Gasteiger partial charge is 0.243 e. The molecule has 37 heavy (non-hydrogen) atoms. The minimum atomic E-state index is -4.04. The van der Waals surface area contributed by atoms with Crippen LogP contribution in [0.2, 0.25) is 0 Å². The van der Waals surface area contributed by atoms with Crippen molar-refractivity contribution in [2.75, 3.05) is 33.9 Å². The number of benzene rings is 2. The highest BCUT2D eigenvalue weighted by Crippen LogP contribution is 2.28. The third-order valence-corrected chi connectivity index (χ3v) is 8.70. The third-order valence-electron chi connectivity index (χ3n) is 5.87. The fourth-order valence-corrected chi connectivity index (χ4v) is 6.01. The fourth-order valence-electron chi connectivity index (χ4n) is 3.73. The van der Waals surface area contributed by atoms with Crippen LogP contribution >= 0.6 is 11.3 Å². The number of nitrogens with zero attached hydrogens (tertiary/aromatic N) is 2. The van der Waals surface area contributed by atoms with Crippen LogP contribution in [0, 0.1) is 12.7 Å². The Hall–Kier alpha value is -3.21. The molecule has 0 aliphatic carbocycles. The lowest BCUT2D eigenvalue weighted by Crippen LogP contribution is -2.43. The van der Waals surface area contributed by atoms with Crippen LogP contribution in [0.5, 0.6) is 11.5 Å². The molecule has 0 atom stereocenters. The van der Waals surface area contributed by atoms with Crippen molar-refractivity contribution < 1.29 is 27.1 Å². The minimum absolute atomic E-state index is 0.0625. The van der Waals surface area contributed by atoms with E-state index in [2.05, 4.69) is 6.58 Å². The molecule has 0 spiro atoms. The maximum absolute atomic E-state index is 13.5. The van der Waals surface area contributed by atoms with E-state index in [0.717, 1.165) is 32.4 Å². The molecule has 0 bridgehead atoms. The first kappa shape index (κ1) is 28.4. The first-order valence-electron chi connectivity index (χ1n) is 11.6. The summed E-state index contributed by atoms with van der Waals surface area (Å²) in [5.74, 6) is 0.313. The van der Waals surface area contributed by atoms with Crippen LogP contribution in [-0.4, -0.2) is 57.4 Å². The summed E-state index contributed by atoms with van der Waals surface area (Å²) >= 11 is 1.55. The second-order valence-electron chi connectivity index (χ2n) is 8.32. The summed E-state index contributed by atoms with van der Waals surface area (Å²) in [6, 6.07) is 12.1. The van der Waals surface area contributed by atoms with E-state index in [0.29, 0.717) is 31.0 Å². The van der Waals surface area contributed by atoms with Crippen LogP contribution in [0.25, 0.3) is 0 Å². The molecule has 10 heteroatoms. The van der Waals surface area contributed by atoms with Crippen molar-refractivity contribution in [3.63, 3.8) is 0 Å². The van der Waals surface area contributed by atoms with Crippen LogP contribution in [0.15, 0.2) is 71.5 Å². The van der Waals surface area contributed by atoms with E-state index in [1.807, 2.05) is 36.6 Å². The van der Waals surface area contributed by atoms with Gasteiger partial charge < -0.3 is 14.4 Å². The molecule has 3 aromatic rings. The van der Waals surface area contributed by atoms with E-state index in [1.165, 1.54) is 18.2 Å². The van der Waals surface area contributed by atoms with Crippen LogP contribution in [0.1, 0.15) is 16.0 Å². The second-order valence-corrected chi connectivity index (χ2v) is 11.3. The fraction of sp³-hybridized carbons (Fsp3) is 0.296. The average molecular weight is 547 g/mol. The Morgan fingerprint density at radius 3 is 2.38 bits per heavy atom. The van der Waals surface area contributed by atoms with Crippen molar-refractivity contribution >= 4 is 27.3 Å². The van der Waals surface area contributed by atoms with Gasteiger partial charge in [-0.1, -0.05) is 12.1 Å². The van der Waals surface area contributed by atoms with Gasteiger partial charge in [0.15, 0.2) is 11.5 Å². The molecule has 0 aliphatic rings. The van der Waals surface area contributed by atoms with Gasteiger partial charge >= 0.3 is 0 Å². The van der Waals surface area contributed by atoms with Gasteiger partial charge in [0.05, 0.1) is 32.2 Å². The number of hydrogen-bond acceptors (Lipinski definition) is 6. The Balaban J connectivity index is 1.84. The maximum atomic E-state index is 13.5. The predicted molar refractivity (Wildman–Crippen MR) is 143 cm³/mol. The molecule has 3 rings (SSSR count). The number of rotatable bonds is 13. The van der Waals surface area contributed by atoms with Gasteiger partial charge in [-0.15, -0.1) is 17.9 Å². The van der Waals surface area contributed by atoms with E-state index in [4.69, 9.17) is 9.47 Å². The van der Waals surface area contributed by atoms with Crippen molar-refractivity contribution in [3.8, 4) is 11.5 Å². The van der Waals surface area contributed by atoms with Crippen molar-refractivity contribution in [1.82, 2.24) is 9.21 Å². The SMILES string of the molecule is C=CCN(CC(=O)N(CCc1ccc(OC)c(OC)c1)Cc1sccc1C)S(=O)(=O)c1ccc(F)cc1. The van der Waals surface area contributed by atoms with Crippen molar-refractivity contribution in [2.24, 2.45) is 0 Å². The van der Waals surface area contributed by atoms with E-state index < -0.39 is 15.8 Å². The largest absolute Gasteiger partial charge is 0.493 e. The molecule has 0 saturated heterocycles. The Morgan fingerprint density at radius 2 is 1.78 bits per heavy atom. The highest BCUT2D eigenvalue weighted by atomic mass is 32.2. The number of carbonyl (C=O) groups excluding carboxylic acids is 1. The topological polar surface area (TPSA) is 76.2 Å². The number of ether oxygens (including phenoxy) is 2. The van der Waals surface area contributed by atoms with Gasteiger partial charge in [-0.3, -0.25) is 4.79 Å². The highest BCUT2D eigenvalue weighted by Gasteiger charge is 2.28. The Kier molecular flexibility index (Phi) is 9.85. The van der Waals surface area contributed by atoms with Gasteiger partial charge in [0, 0.05) is 18.0 Å². The van der Waals surface area contributed by atoms with Gasteiger partial charge in [-0.2, -0.15) is 4.31 Å². The van der Waals surface area contributed by atoms with Gasteiger partial charge in [0.1, 0.15) is 5.82 Å². The average Bonchev–Trinajstić information content (AvgIpc) is 3.30. The lowest BCUT2D eigenvalue weighted by Gasteiger charge is -2.27. The summed E-state index contributed by atoms with van der Waals surface area (Å²) in [4.78, 5) is 16.1. The monoisotopic (exact) mass is 546 g/mol. The highest BCUT2D eigenvalue weighted by molar-refractivity contribution is 7.89. The van der Waals surface area contributed by atoms with Crippen molar-refractivity contribution in [3.05, 3.63) is 88.4 Å². The summed E-state index contributed by atoms with van der Waals surface area (Å²) in [5, 5.41) is 1.96. The van der Waals surface area contributed by atoms with E-state index in [9.17, 15) is 17.6 Å². The molecule has 0 fully saturated rings. The zero-order valence-corrected chi connectivity index (χ0v) is 22.8. The Bertz CT molecular complexity index is 1320. The van der Waals surface area contributed by atoms with E-state index in [-0.39, 0.29) is 23.9 Å². The second kappa shape index (κ2) is 12.8. The molecule has 0 unspecified atom stereocenters. The summed E-state index contributed by atoms with van der Waals surface area (Å²) in [7, 11) is -0.914. The number of sulfonamides is 1.